The van der Waals surface area contributed by atoms with E-state index in [2.05, 4.69) is 0 Å². The Labute approximate surface area is 62.9 Å². The molecular formula is C6H4Cl2O. The maximum atomic E-state index is 10.7. The highest BCUT2D eigenvalue weighted by Gasteiger charge is 2.13. The van der Waals surface area contributed by atoms with Crippen molar-refractivity contribution in [3.63, 3.8) is 0 Å². The topological polar surface area (TPSA) is 17.1 Å². The lowest BCUT2D eigenvalue weighted by Gasteiger charge is -2.00. The summed E-state index contributed by atoms with van der Waals surface area (Å²) in [6.07, 6.45) is 3.93. The van der Waals surface area contributed by atoms with E-state index in [1.165, 1.54) is 0 Å². The summed E-state index contributed by atoms with van der Waals surface area (Å²) >= 11 is 10.9. The van der Waals surface area contributed by atoms with Crippen molar-refractivity contribution in [3.8, 4) is 0 Å². The van der Waals surface area contributed by atoms with E-state index in [0.717, 1.165) is 0 Å². The first-order valence-electron chi connectivity index (χ1n) is 2.48. The van der Waals surface area contributed by atoms with Crippen LogP contribution in [0.2, 0.25) is 0 Å². The number of ketones is 1. The fourth-order valence-electron chi connectivity index (χ4n) is 0.565. The van der Waals surface area contributed by atoms with Crippen molar-refractivity contribution in [1.82, 2.24) is 0 Å². The molecule has 3 heteroatoms. The Morgan fingerprint density at radius 1 is 1.22 bits per heavy atom. The Morgan fingerprint density at radius 3 is 2.00 bits per heavy atom. The van der Waals surface area contributed by atoms with Gasteiger partial charge < -0.3 is 0 Å². The van der Waals surface area contributed by atoms with Gasteiger partial charge in [-0.1, -0.05) is 35.4 Å². The summed E-state index contributed by atoms with van der Waals surface area (Å²) in [5.41, 5.74) is 0. The molecule has 0 bridgehead atoms. The van der Waals surface area contributed by atoms with Gasteiger partial charge in [0.2, 0.25) is 5.78 Å². The molecule has 0 radical (unpaired) electrons. The van der Waals surface area contributed by atoms with E-state index in [0.29, 0.717) is 6.42 Å². The second-order valence-corrected chi connectivity index (χ2v) is 2.48. The zero-order valence-electron chi connectivity index (χ0n) is 4.53. The predicted octanol–water partition coefficient (Wildman–Crippen LogP) is 2.20. The number of rotatable bonds is 0. The molecule has 1 aliphatic carbocycles. The Kier molecular flexibility index (Phi) is 1.94. The molecule has 0 atom stereocenters. The van der Waals surface area contributed by atoms with Crippen LogP contribution < -0.4 is 0 Å². The average molecular weight is 163 g/mol. The number of carbonyl (C=O) groups excluding carboxylic acids is 1. The van der Waals surface area contributed by atoms with Crippen LogP contribution >= 0.6 is 23.2 Å². The molecule has 0 amide bonds. The lowest BCUT2D eigenvalue weighted by atomic mass is 10.2. The Morgan fingerprint density at radius 2 is 1.67 bits per heavy atom. The average Bonchev–Trinajstić information content (AvgIpc) is 1.83. The number of halogens is 2. The first kappa shape index (κ1) is 6.84. The van der Waals surface area contributed by atoms with Crippen molar-refractivity contribution < 1.29 is 4.79 Å². The highest BCUT2D eigenvalue weighted by atomic mass is 35.5. The van der Waals surface area contributed by atoms with E-state index < -0.39 is 0 Å². The largest absolute Gasteiger partial charge is 0.287 e. The standard InChI is InChI=1S/C6H4Cl2O/c7-4-2-1-3-5(8)6(4)9/h2-3H,1H2. The molecule has 48 valence electrons. The first-order valence-corrected chi connectivity index (χ1v) is 3.23. The summed E-state index contributed by atoms with van der Waals surface area (Å²) in [4.78, 5) is 10.7. The summed E-state index contributed by atoms with van der Waals surface area (Å²) in [6, 6.07) is 0. The van der Waals surface area contributed by atoms with Crippen LogP contribution in [0, 0.1) is 0 Å². The summed E-state index contributed by atoms with van der Waals surface area (Å²) in [7, 11) is 0. The van der Waals surface area contributed by atoms with Crippen molar-refractivity contribution in [1.29, 1.82) is 0 Å². The van der Waals surface area contributed by atoms with Crippen molar-refractivity contribution in [3.05, 3.63) is 22.2 Å². The molecule has 0 saturated heterocycles. The van der Waals surface area contributed by atoms with E-state index in [1.54, 1.807) is 12.2 Å². The smallest absolute Gasteiger partial charge is 0.215 e. The molecule has 1 aliphatic rings. The van der Waals surface area contributed by atoms with Crippen LogP contribution in [-0.2, 0) is 4.79 Å². The van der Waals surface area contributed by atoms with Gasteiger partial charge in [-0.15, -0.1) is 0 Å². The van der Waals surface area contributed by atoms with Gasteiger partial charge in [0.1, 0.15) is 0 Å². The fourth-order valence-corrected chi connectivity index (χ4v) is 0.995. The maximum absolute atomic E-state index is 10.7. The van der Waals surface area contributed by atoms with Gasteiger partial charge in [-0.2, -0.15) is 0 Å². The number of Topliss-reactive ketones (excluding diaryl/α,β-unsaturated/α-hetero) is 1. The van der Waals surface area contributed by atoms with E-state index in [4.69, 9.17) is 23.2 Å². The minimum atomic E-state index is -0.274. The molecule has 0 aromatic rings. The molecule has 0 aliphatic heterocycles. The lowest BCUT2D eigenvalue weighted by Crippen LogP contribution is -2.00. The fraction of sp³-hybridized carbons (Fsp3) is 0.167. The van der Waals surface area contributed by atoms with Gasteiger partial charge >= 0.3 is 0 Å². The van der Waals surface area contributed by atoms with E-state index in [1.807, 2.05) is 0 Å². The number of hydrogen-bond donors (Lipinski definition) is 0. The van der Waals surface area contributed by atoms with Gasteiger partial charge in [0.15, 0.2) is 0 Å². The molecule has 0 heterocycles. The Balaban J connectivity index is 2.86. The maximum Gasteiger partial charge on any atom is 0.215 e. The molecule has 1 rings (SSSR count). The lowest BCUT2D eigenvalue weighted by molar-refractivity contribution is -0.111. The van der Waals surface area contributed by atoms with Gasteiger partial charge in [-0.05, 0) is 6.42 Å². The highest BCUT2D eigenvalue weighted by molar-refractivity contribution is 6.54. The molecule has 0 N–H and O–H groups in total. The third-order valence-corrected chi connectivity index (χ3v) is 1.68. The molecule has 9 heavy (non-hydrogen) atoms. The molecule has 0 unspecified atom stereocenters. The summed E-state index contributed by atoms with van der Waals surface area (Å²) in [6.45, 7) is 0. The molecule has 0 aromatic heterocycles. The highest BCUT2D eigenvalue weighted by Crippen LogP contribution is 2.19. The molecule has 0 saturated carbocycles. The zero-order chi connectivity index (χ0) is 6.85. The minimum absolute atomic E-state index is 0.225. The van der Waals surface area contributed by atoms with Crippen molar-refractivity contribution in [2.45, 2.75) is 6.42 Å². The zero-order valence-corrected chi connectivity index (χ0v) is 6.04. The molecular weight excluding hydrogens is 159 g/mol. The van der Waals surface area contributed by atoms with Crippen molar-refractivity contribution in [2.75, 3.05) is 0 Å². The van der Waals surface area contributed by atoms with Crippen LogP contribution in [0.1, 0.15) is 6.42 Å². The molecule has 0 aromatic carbocycles. The second kappa shape index (κ2) is 2.54. The van der Waals surface area contributed by atoms with Crippen LogP contribution in [0.15, 0.2) is 22.2 Å². The van der Waals surface area contributed by atoms with Gasteiger partial charge in [-0.3, -0.25) is 4.79 Å². The van der Waals surface area contributed by atoms with Gasteiger partial charge in [0.25, 0.3) is 0 Å². The van der Waals surface area contributed by atoms with Crippen LogP contribution in [-0.4, -0.2) is 5.78 Å². The van der Waals surface area contributed by atoms with E-state index in [-0.39, 0.29) is 15.8 Å². The monoisotopic (exact) mass is 162 g/mol. The van der Waals surface area contributed by atoms with Gasteiger partial charge in [-0.25, -0.2) is 0 Å². The van der Waals surface area contributed by atoms with Gasteiger partial charge in [0, 0.05) is 0 Å². The quantitative estimate of drug-likeness (QED) is 0.534. The molecule has 1 nitrogen and oxygen atoms in total. The Bertz CT molecular complexity index is 183. The number of hydrogen-bond acceptors (Lipinski definition) is 1. The molecule has 0 fully saturated rings. The van der Waals surface area contributed by atoms with Crippen LogP contribution in [0.4, 0.5) is 0 Å². The van der Waals surface area contributed by atoms with E-state index in [9.17, 15) is 4.79 Å². The van der Waals surface area contributed by atoms with Crippen molar-refractivity contribution in [2.24, 2.45) is 0 Å². The van der Waals surface area contributed by atoms with E-state index >= 15 is 0 Å². The normalized spacial score (nSPS) is 19.1. The third-order valence-electron chi connectivity index (χ3n) is 1.03. The Hall–Kier alpha value is -0.270. The number of allylic oxidation sites excluding steroid dienone is 4. The van der Waals surface area contributed by atoms with Gasteiger partial charge in [0.05, 0.1) is 10.1 Å². The van der Waals surface area contributed by atoms with Crippen molar-refractivity contribution >= 4 is 29.0 Å². The molecule has 0 spiro atoms. The summed E-state index contributed by atoms with van der Waals surface area (Å²) < 4.78 is 0. The minimum Gasteiger partial charge on any atom is -0.287 e. The SMILES string of the molecule is O=C1C(Cl)=CCC=C1Cl. The second-order valence-electron chi connectivity index (χ2n) is 1.67. The third kappa shape index (κ3) is 1.35. The predicted molar refractivity (Wildman–Crippen MR) is 37.5 cm³/mol. The van der Waals surface area contributed by atoms with Crippen LogP contribution in [0.3, 0.4) is 0 Å². The summed E-state index contributed by atoms with van der Waals surface area (Å²) in [5, 5.41) is 0.449. The first-order chi connectivity index (χ1) is 4.22. The number of carbonyl (C=O) groups is 1. The van der Waals surface area contributed by atoms with Crippen LogP contribution in [0.5, 0.6) is 0 Å². The summed E-state index contributed by atoms with van der Waals surface area (Å²) in [5.74, 6) is -0.274. The van der Waals surface area contributed by atoms with Crippen LogP contribution in [0.25, 0.3) is 0 Å².